The molecule has 0 heterocycles. The Morgan fingerprint density at radius 3 is 2.44 bits per heavy atom. The molecule has 0 saturated carbocycles. The molecular weight excluding hydrogens is 403 g/mol. The van der Waals surface area contributed by atoms with Crippen LogP contribution < -0.4 is 5.32 Å². The fraction of sp³-hybridized carbons (Fsp3) is 0.0714. The predicted octanol–water partition coefficient (Wildman–Crippen LogP) is 4.98. The number of benzene rings is 2. The second kappa shape index (κ2) is 5.72. The zero-order valence-corrected chi connectivity index (χ0v) is 13.4. The summed E-state index contributed by atoms with van der Waals surface area (Å²) in [6, 6.07) is 14.0. The SMILES string of the molecule is Cc1ccc(Nc2ccc(C#N)c(Br)c2)cc1I. The van der Waals surface area contributed by atoms with Crippen molar-refractivity contribution in [3.05, 3.63) is 55.6 Å². The van der Waals surface area contributed by atoms with Gasteiger partial charge in [-0.2, -0.15) is 5.26 Å². The van der Waals surface area contributed by atoms with Gasteiger partial charge in [0.25, 0.3) is 0 Å². The first kappa shape index (κ1) is 13.4. The summed E-state index contributed by atoms with van der Waals surface area (Å²) < 4.78 is 2.03. The number of anilines is 2. The highest BCUT2D eigenvalue weighted by Gasteiger charge is 2.02. The van der Waals surface area contributed by atoms with Crippen molar-refractivity contribution in [2.75, 3.05) is 5.32 Å². The topological polar surface area (TPSA) is 35.8 Å². The van der Waals surface area contributed by atoms with Gasteiger partial charge < -0.3 is 5.32 Å². The minimum Gasteiger partial charge on any atom is -0.355 e. The van der Waals surface area contributed by atoms with Crippen LogP contribution in [0.25, 0.3) is 0 Å². The van der Waals surface area contributed by atoms with Gasteiger partial charge in [0.1, 0.15) is 6.07 Å². The molecule has 90 valence electrons. The monoisotopic (exact) mass is 412 g/mol. The van der Waals surface area contributed by atoms with Crippen LogP contribution in [0.15, 0.2) is 40.9 Å². The number of nitrogens with zero attached hydrogens (tertiary/aromatic N) is 1. The van der Waals surface area contributed by atoms with E-state index in [2.05, 4.69) is 69.0 Å². The number of nitriles is 1. The van der Waals surface area contributed by atoms with Gasteiger partial charge in [0.05, 0.1) is 5.56 Å². The third-order valence-electron chi connectivity index (χ3n) is 2.55. The van der Waals surface area contributed by atoms with Crippen molar-refractivity contribution in [2.45, 2.75) is 6.92 Å². The van der Waals surface area contributed by atoms with Crippen molar-refractivity contribution >= 4 is 49.9 Å². The Morgan fingerprint density at radius 2 is 1.83 bits per heavy atom. The number of nitrogens with one attached hydrogen (secondary N) is 1. The van der Waals surface area contributed by atoms with Gasteiger partial charge in [0, 0.05) is 19.4 Å². The number of hydrogen-bond acceptors (Lipinski definition) is 2. The largest absolute Gasteiger partial charge is 0.355 e. The predicted molar refractivity (Wildman–Crippen MR) is 86.0 cm³/mol. The smallest absolute Gasteiger partial charge is 0.100 e. The van der Waals surface area contributed by atoms with Gasteiger partial charge in [-0.05, 0) is 81.3 Å². The summed E-state index contributed by atoms with van der Waals surface area (Å²) in [6.45, 7) is 2.09. The first-order valence-corrected chi connectivity index (χ1v) is 7.20. The molecule has 0 saturated heterocycles. The zero-order valence-electron chi connectivity index (χ0n) is 9.67. The summed E-state index contributed by atoms with van der Waals surface area (Å²) in [5.41, 5.74) is 3.91. The van der Waals surface area contributed by atoms with Crippen LogP contribution in [-0.2, 0) is 0 Å². The van der Waals surface area contributed by atoms with Gasteiger partial charge in [-0.15, -0.1) is 0 Å². The second-order valence-corrected chi connectivity index (χ2v) is 5.91. The third kappa shape index (κ3) is 3.03. The normalized spacial score (nSPS) is 9.89. The molecule has 0 atom stereocenters. The molecule has 2 aromatic carbocycles. The summed E-state index contributed by atoms with van der Waals surface area (Å²) >= 11 is 5.70. The molecule has 0 aliphatic carbocycles. The molecule has 0 aliphatic heterocycles. The Balaban J connectivity index is 2.26. The summed E-state index contributed by atoms with van der Waals surface area (Å²) in [5, 5.41) is 12.2. The maximum Gasteiger partial charge on any atom is 0.100 e. The molecule has 0 radical (unpaired) electrons. The van der Waals surface area contributed by atoms with E-state index in [1.54, 1.807) is 6.07 Å². The molecule has 0 aromatic heterocycles. The molecule has 0 amide bonds. The van der Waals surface area contributed by atoms with Crippen LogP contribution in [0.2, 0.25) is 0 Å². The molecule has 4 heteroatoms. The Hall–Kier alpha value is -1.06. The van der Waals surface area contributed by atoms with Crippen LogP contribution in [0.4, 0.5) is 11.4 Å². The Labute approximate surface area is 128 Å². The Bertz CT molecular complexity index is 632. The van der Waals surface area contributed by atoms with Crippen molar-refractivity contribution < 1.29 is 0 Å². The highest BCUT2D eigenvalue weighted by atomic mass is 127. The lowest BCUT2D eigenvalue weighted by Gasteiger charge is -2.09. The van der Waals surface area contributed by atoms with E-state index in [0.717, 1.165) is 15.8 Å². The molecule has 0 unspecified atom stereocenters. The molecule has 0 bridgehead atoms. The van der Waals surface area contributed by atoms with Gasteiger partial charge in [-0.1, -0.05) is 6.07 Å². The molecule has 0 fully saturated rings. The molecular formula is C14H10BrIN2. The van der Waals surface area contributed by atoms with Crippen LogP contribution in [0.1, 0.15) is 11.1 Å². The highest BCUT2D eigenvalue weighted by Crippen LogP contribution is 2.25. The first-order valence-electron chi connectivity index (χ1n) is 5.33. The van der Waals surface area contributed by atoms with Crippen molar-refractivity contribution in [2.24, 2.45) is 0 Å². The van der Waals surface area contributed by atoms with Gasteiger partial charge in [0.15, 0.2) is 0 Å². The summed E-state index contributed by atoms with van der Waals surface area (Å²) in [6.07, 6.45) is 0. The number of hydrogen-bond donors (Lipinski definition) is 1. The molecule has 1 N–H and O–H groups in total. The van der Waals surface area contributed by atoms with Crippen LogP contribution >= 0.6 is 38.5 Å². The molecule has 2 nitrogen and oxygen atoms in total. The highest BCUT2D eigenvalue weighted by molar-refractivity contribution is 14.1. The summed E-state index contributed by atoms with van der Waals surface area (Å²) in [4.78, 5) is 0. The molecule has 0 aliphatic rings. The lowest BCUT2D eigenvalue weighted by atomic mass is 10.2. The Kier molecular flexibility index (Phi) is 4.25. The fourth-order valence-corrected chi connectivity index (χ4v) is 2.50. The van der Waals surface area contributed by atoms with E-state index in [-0.39, 0.29) is 0 Å². The minimum atomic E-state index is 0.638. The van der Waals surface area contributed by atoms with E-state index in [0.29, 0.717) is 5.56 Å². The average Bonchev–Trinajstić information content (AvgIpc) is 2.34. The van der Waals surface area contributed by atoms with Crippen LogP contribution in [0.3, 0.4) is 0 Å². The van der Waals surface area contributed by atoms with Crippen LogP contribution in [-0.4, -0.2) is 0 Å². The number of rotatable bonds is 2. The lowest BCUT2D eigenvalue weighted by Crippen LogP contribution is -1.92. The first-order chi connectivity index (χ1) is 8.60. The van der Waals surface area contributed by atoms with Gasteiger partial charge >= 0.3 is 0 Å². The average molecular weight is 413 g/mol. The quantitative estimate of drug-likeness (QED) is 0.706. The van der Waals surface area contributed by atoms with E-state index < -0.39 is 0 Å². The summed E-state index contributed by atoms with van der Waals surface area (Å²) in [7, 11) is 0. The van der Waals surface area contributed by atoms with Gasteiger partial charge in [0.2, 0.25) is 0 Å². The minimum absolute atomic E-state index is 0.638. The standard InChI is InChI=1S/C14H10BrIN2/c1-9-2-4-12(7-14(9)16)18-11-5-3-10(8-17)13(15)6-11/h2-7,18H,1H3. The van der Waals surface area contributed by atoms with Gasteiger partial charge in [-0.3, -0.25) is 0 Å². The third-order valence-corrected chi connectivity index (χ3v) is 4.37. The molecule has 2 aromatic rings. The van der Waals surface area contributed by atoms with Crippen LogP contribution in [0, 0.1) is 21.8 Å². The van der Waals surface area contributed by atoms with Gasteiger partial charge in [-0.25, -0.2) is 0 Å². The fourth-order valence-electron chi connectivity index (χ4n) is 1.52. The number of aryl methyl sites for hydroxylation is 1. The second-order valence-electron chi connectivity index (χ2n) is 3.90. The van der Waals surface area contributed by atoms with Crippen LogP contribution in [0.5, 0.6) is 0 Å². The van der Waals surface area contributed by atoms with E-state index >= 15 is 0 Å². The van der Waals surface area contributed by atoms with Crippen molar-refractivity contribution in [3.8, 4) is 6.07 Å². The van der Waals surface area contributed by atoms with E-state index in [9.17, 15) is 0 Å². The molecule has 18 heavy (non-hydrogen) atoms. The van der Waals surface area contributed by atoms with Crippen molar-refractivity contribution in [3.63, 3.8) is 0 Å². The van der Waals surface area contributed by atoms with E-state index in [1.807, 2.05) is 18.2 Å². The molecule has 0 spiro atoms. The summed E-state index contributed by atoms with van der Waals surface area (Å²) in [5.74, 6) is 0. The van der Waals surface area contributed by atoms with Crippen molar-refractivity contribution in [1.29, 1.82) is 5.26 Å². The zero-order chi connectivity index (χ0) is 13.1. The lowest BCUT2D eigenvalue weighted by molar-refractivity contribution is 1.41. The number of halogens is 2. The van der Waals surface area contributed by atoms with Crippen molar-refractivity contribution in [1.82, 2.24) is 0 Å². The maximum absolute atomic E-state index is 8.86. The Morgan fingerprint density at radius 1 is 1.17 bits per heavy atom. The molecule has 2 rings (SSSR count). The maximum atomic E-state index is 8.86. The van der Waals surface area contributed by atoms with E-state index in [1.165, 1.54) is 9.13 Å². The van der Waals surface area contributed by atoms with E-state index in [4.69, 9.17) is 5.26 Å².